The molecular weight excluding hydrogens is 274 g/mol. The molecule has 1 atom stereocenters. The molecule has 0 radical (unpaired) electrons. The van der Waals surface area contributed by atoms with Gasteiger partial charge in [0.2, 0.25) is 6.79 Å². The van der Waals surface area contributed by atoms with Crippen molar-refractivity contribution in [3.8, 4) is 11.5 Å². The zero-order chi connectivity index (χ0) is 13.9. The van der Waals surface area contributed by atoms with Gasteiger partial charge in [0.05, 0.1) is 5.38 Å². The minimum absolute atomic E-state index is 0.102. The average molecular weight is 290 g/mol. The van der Waals surface area contributed by atoms with E-state index in [1.165, 1.54) is 0 Å². The van der Waals surface area contributed by atoms with Crippen molar-refractivity contribution >= 4 is 17.3 Å². The fraction of sp³-hybridized carbons (Fsp3) is 0.250. The number of para-hydroxylation sites is 1. The van der Waals surface area contributed by atoms with Crippen molar-refractivity contribution in [2.75, 3.05) is 25.3 Å². The molecule has 0 aliphatic carbocycles. The summed E-state index contributed by atoms with van der Waals surface area (Å²) in [5.41, 5.74) is 2.19. The minimum Gasteiger partial charge on any atom is -0.454 e. The van der Waals surface area contributed by atoms with Gasteiger partial charge in [0.1, 0.15) is 0 Å². The highest BCUT2D eigenvalue weighted by Crippen LogP contribution is 2.36. The van der Waals surface area contributed by atoms with Crippen molar-refractivity contribution in [2.45, 2.75) is 5.38 Å². The topological polar surface area (TPSA) is 21.7 Å². The van der Waals surface area contributed by atoms with Crippen molar-refractivity contribution < 1.29 is 9.47 Å². The van der Waals surface area contributed by atoms with Crippen LogP contribution in [0.5, 0.6) is 11.5 Å². The molecule has 3 rings (SSSR count). The molecule has 2 aromatic carbocycles. The monoisotopic (exact) mass is 289 g/mol. The Morgan fingerprint density at radius 1 is 1.10 bits per heavy atom. The van der Waals surface area contributed by atoms with Crippen LogP contribution in [-0.4, -0.2) is 20.4 Å². The highest BCUT2D eigenvalue weighted by atomic mass is 35.5. The Kier molecular flexibility index (Phi) is 3.70. The fourth-order valence-corrected chi connectivity index (χ4v) is 2.58. The second-order valence-corrected chi connectivity index (χ2v) is 5.32. The van der Waals surface area contributed by atoms with Crippen LogP contribution in [0.15, 0.2) is 48.5 Å². The van der Waals surface area contributed by atoms with Crippen LogP contribution in [0.1, 0.15) is 10.9 Å². The first-order chi connectivity index (χ1) is 9.74. The third-order valence-corrected chi connectivity index (χ3v) is 3.78. The van der Waals surface area contributed by atoms with Gasteiger partial charge < -0.3 is 14.4 Å². The molecular formula is C16H16ClNO2. The van der Waals surface area contributed by atoms with Crippen molar-refractivity contribution in [2.24, 2.45) is 0 Å². The van der Waals surface area contributed by atoms with E-state index in [2.05, 4.69) is 17.0 Å². The number of likely N-dealkylation sites (N-methyl/N-ethyl adjacent to an activating group) is 1. The van der Waals surface area contributed by atoms with E-state index in [0.29, 0.717) is 0 Å². The van der Waals surface area contributed by atoms with E-state index in [1.807, 2.05) is 43.4 Å². The van der Waals surface area contributed by atoms with Gasteiger partial charge in [-0.1, -0.05) is 24.3 Å². The van der Waals surface area contributed by atoms with E-state index in [1.54, 1.807) is 0 Å². The van der Waals surface area contributed by atoms with E-state index in [4.69, 9.17) is 21.1 Å². The van der Waals surface area contributed by atoms with Crippen molar-refractivity contribution in [3.63, 3.8) is 0 Å². The number of hydrogen-bond donors (Lipinski definition) is 0. The molecule has 0 bridgehead atoms. The van der Waals surface area contributed by atoms with Gasteiger partial charge in [-0.2, -0.15) is 0 Å². The maximum atomic E-state index is 6.51. The van der Waals surface area contributed by atoms with E-state index >= 15 is 0 Å². The lowest BCUT2D eigenvalue weighted by Crippen LogP contribution is -2.21. The number of rotatable bonds is 4. The Hall–Kier alpha value is -1.87. The Balaban J connectivity index is 1.71. The number of ether oxygens (including phenoxy) is 2. The average Bonchev–Trinajstić information content (AvgIpc) is 2.95. The van der Waals surface area contributed by atoms with Gasteiger partial charge in [0.25, 0.3) is 0 Å². The standard InChI is InChI=1S/C16H16ClNO2/c1-18(13-5-3-2-4-6-13)10-14(17)12-7-8-15-16(9-12)20-11-19-15/h2-9,14H,10-11H2,1H3. The van der Waals surface area contributed by atoms with Gasteiger partial charge in [-0.3, -0.25) is 0 Å². The maximum absolute atomic E-state index is 6.51. The van der Waals surface area contributed by atoms with Gasteiger partial charge in [0, 0.05) is 19.3 Å². The number of alkyl halides is 1. The lowest BCUT2D eigenvalue weighted by atomic mass is 10.1. The summed E-state index contributed by atoms with van der Waals surface area (Å²) >= 11 is 6.51. The van der Waals surface area contributed by atoms with Crippen LogP contribution < -0.4 is 14.4 Å². The van der Waals surface area contributed by atoms with Crippen LogP contribution in [0, 0.1) is 0 Å². The van der Waals surface area contributed by atoms with Crippen molar-refractivity contribution in [1.29, 1.82) is 0 Å². The second-order valence-electron chi connectivity index (χ2n) is 4.80. The molecule has 0 amide bonds. The summed E-state index contributed by atoms with van der Waals surface area (Å²) in [4.78, 5) is 2.14. The molecule has 1 unspecified atom stereocenters. The third-order valence-electron chi connectivity index (χ3n) is 3.39. The van der Waals surface area contributed by atoms with Crippen LogP contribution in [0.3, 0.4) is 0 Å². The van der Waals surface area contributed by atoms with Crippen LogP contribution in [0.4, 0.5) is 5.69 Å². The first-order valence-electron chi connectivity index (χ1n) is 6.54. The quantitative estimate of drug-likeness (QED) is 0.799. The first-order valence-corrected chi connectivity index (χ1v) is 6.97. The van der Waals surface area contributed by atoms with E-state index in [0.717, 1.165) is 29.3 Å². The number of hydrogen-bond acceptors (Lipinski definition) is 3. The molecule has 1 aliphatic heterocycles. The Bertz CT molecular complexity index is 588. The SMILES string of the molecule is CN(CC(Cl)c1ccc2c(c1)OCO2)c1ccccc1. The number of anilines is 1. The predicted molar refractivity (Wildman–Crippen MR) is 80.9 cm³/mol. The van der Waals surface area contributed by atoms with Gasteiger partial charge >= 0.3 is 0 Å². The largest absolute Gasteiger partial charge is 0.454 e. The van der Waals surface area contributed by atoms with E-state index in [9.17, 15) is 0 Å². The zero-order valence-corrected chi connectivity index (χ0v) is 12.0. The van der Waals surface area contributed by atoms with Gasteiger partial charge in [0.15, 0.2) is 11.5 Å². The van der Waals surface area contributed by atoms with Crippen LogP contribution >= 0.6 is 11.6 Å². The smallest absolute Gasteiger partial charge is 0.231 e. The summed E-state index contributed by atoms with van der Waals surface area (Å²) in [5, 5.41) is -0.102. The number of benzene rings is 2. The normalized spacial score (nSPS) is 14.1. The zero-order valence-electron chi connectivity index (χ0n) is 11.3. The van der Waals surface area contributed by atoms with Crippen molar-refractivity contribution in [1.82, 2.24) is 0 Å². The molecule has 0 saturated carbocycles. The van der Waals surface area contributed by atoms with Gasteiger partial charge in [-0.25, -0.2) is 0 Å². The summed E-state index contributed by atoms with van der Waals surface area (Å²) in [5.74, 6) is 1.56. The molecule has 1 aliphatic rings. The Morgan fingerprint density at radius 2 is 1.85 bits per heavy atom. The molecule has 0 aromatic heterocycles. The molecule has 20 heavy (non-hydrogen) atoms. The van der Waals surface area contributed by atoms with Gasteiger partial charge in [-0.05, 0) is 29.8 Å². The first kappa shape index (κ1) is 13.1. The highest BCUT2D eigenvalue weighted by Gasteiger charge is 2.17. The summed E-state index contributed by atoms with van der Waals surface area (Å²) in [6, 6.07) is 16.1. The van der Waals surface area contributed by atoms with Crippen LogP contribution in [0.2, 0.25) is 0 Å². The lowest BCUT2D eigenvalue weighted by molar-refractivity contribution is 0.174. The molecule has 104 valence electrons. The molecule has 1 heterocycles. The molecule has 0 saturated heterocycles. The second kappa shape index (κ2) is 5.63. The molecule has 3 nitrogen and oxygen atoms in total. The van der Waals surface area contributed by atoms with E-state index < -0.39 is 0 Å². The Morgan fingerprint density at radius 3 is 2.65 bits per heavy atom. The summed E-state index contributed by atoms with van der Waals surface area (Å²) < 4.78 is 10.7. The third kappa shape index (κ3) is 2.68. The molecule has 0 N–H and O–H groups in total. The van der Waals surface area contributed by atoms with Crippen LogP contribution in [0.25, 0.3) is 0 Å². The number of fused-ring (bicyclic) bond motifs is 1. The summed E-state index contributed by atoms with van der Waals surface area (Å²) in [6.45, 7) is 1.01. The Labute approximate surface area is 123 Å². The number of halogens is 1. The van der Waals surface area contributed by atoms with Crippen molar-refractivity contribution in [3.05, 3.63) is 54.1 Å². The highest BCUT2D eigenvalue weighted by molar-refractivity contribution is 6.21. The van der Waals surface area contributed by atoms with E-state index in [-0.39, 0.29) is 12.2 Å². The molecule has 2 aromatic rings. The lowest BCUT2D eigenvalue weighted by Gasteiger charge is -2.22. The molecule has 4 heteroatoms. The number of nitrogens with zero attached hydrogens (tertiary/aromatic N) is 1. The predicted octanol–water partition coefficient (Wildman–Crippen LogP) is 3.83. The summed E-state index contributed by atoms with van der Waals surface area (Å²) in [7, 11) is 2.04. The van der Waals surface area contributed by atoms with Crippen LogP contribution in [-0.2, 0) is 0 Å². The molecule has 0 fully saturated rings. The summed E-state index contributed by atoms with van der Waals surface area (Å²) in [6.07, 6.45) is 0. The molecule has 0 spiro atoms. The fourth-order valence-electron chi connectivity index (χ4n) is 2.24. The maximum Gasteiger partial charge on any atom is 0.231 e. The van der Waals surface area contributed by atoms with Gasteiger partial charge in [-0.15, -0.1) is 11.6 Å². The minimum atomic E-state index is -0.102.